The predicted octanol–water partition coefficient (Wildman–Crippen LogP) is 3.80. The van der Waals surface area contributed by atoms with E-state index in [1.165, 1.54) is 5.56 Å². The highest BCUT2D eigenvalue weighted by Crippen LogP contribution is 2.16. The Kier molecular flexibility index (Phi) is 5.69. The standard InChI is InChI=1S/C21H24N4O/c1-16-8-3-6-11-20(16)17(2)24-21(26)22-14-18-9-4-5-10-19(18)15-25-13-7-12-23-25/h3-13,17H,14-15H2,1-2H3,(H2,22,24,26). The van der Waals surface area contributed by atoms with E-state index in [-0.39, 0.29) is 12.1 Å². The van der Waals surface area contributed by atoms with Crippen LogP contribution in [0.25, 0.3) is 0 Å². The van der Waals surface area contributed by atoms with Gasteiger partial charge in [0.2, 0.25) is 0 Å². The SMILES string of the molecule is Cc1ccccc1C(C)NC(=O)NCc1ccccc1Cn1cccn1. The number of carbonyl (C=O) groups excluding carboxylic acids is 1. The number of hydrogen-bond acceptors (Lipinski definition) is 2. The minimum atomic E-state index is -0.172. The molecule has 0 aliphatic heterocycles. The Hall–Kier alpha value is -3.08. The average molecular weight is 348 g/mol. The normalized spacial score (nSPS) is 11.8. The molecule has 0 bridgehead atoms. The van der Waals surface area contributed by atoms with Gasteiger partial charge >= 0.3 is 6.03 Å². The van der Waals surface area contributed by atoms with E-state index < -0.39 is 0 Å². The maximum absolute atomic E-state index is 12.3. The van der Waals surface area contributed by atoms with Crippen molar-refractivity contribution in [2.45, 2.75) is 33.0 Å². The van der Waals surface area contributed by atoms with Crippen LogP contribution in [0.2, 0.25) is 0 Å². The van der Waals surface area contributed by atoms with Gasteiger partial charge in [-0.25, -0.2) is 4.79 Å². The van der Waals surface area contributed by atoms with E-state index >= 15 is 0 Å². The van der Waals surface area contributed by atoms with Crippen LogP contribution in [0.4, 0.5) is 4.79 Å². The van der Waals surface area contributed by atoms with Gasteiger partial charge in [0.1, 0.15) is 0 Å². The van der Waals surface area contributed by atoms with Gasteiger partial charge in [-0.1, -0.05) is 48.5 Å². The highest BCUT2D eigenvalue weighted by molar-refractivity contribution is 5.74. The maximum Gasteiger partial charge on any atom is 0.315 e. The number of aryl methyl sites for hydroxylation is 1. The molecular formula is C21H24N4O. The number of nitrogens with one attached hydrogen (secondary N) is 2. The lowest BCUT2D eigenvalue weighted by Crippen LogP contribution is -2.37. The van der Waals surface area contributed by atoms with Crippen LogP contribution >= 0.6 is 0 Å². The molecule has 0 aliphatic rings. The van der Waals surface area contributed by atoms with Crippen molar-refractivity contribution < 1.29 is 4.79 Å². The van der Waals surface area contributed by atoms with Crippen LogP contribution in [0.3, 0.4) is 0 Å². The van der Waals surface area contributed by atoms with Crippen molar-refractivity contribution in [1.29, 1.82) is 0 Å². The zero-order valence-corrected chi connectivity index (χ0v) is 15.1. The molecule has 0 aliphatic carbocycles. The van der Waals surface area contributed by atoms with Crippen molar-refractivity contribution in [3.8, 4) is 0 Å². The minimum Gasteiger partial charge on any atom is -0.334 e. The van der Waals surface area contributed by atoms with Crippen molar-refractivity contribution >= 4 is 6.03 Å². The van der Waals surface area contributed by atoms with Crippen LogP contribution in [-0.4, -0.2) is 15.8 Å². The number of benzene rings is 2. The van der Waals surface area contributed by atoms with Crippen molar-refractivity contribution in [2.75, 3.05) is 0 Å². The summed E-state index contributed by atoms with van der Waals surface area (Å²) in [4.78, 5) is 12.3. The van der Waals surface area contributed by atoms with Crippen LogP contribution in [0.15, 0.2) is 67.0 Å². The third kappa shape index (κ3) is 4.51. The minimum absolute atomic E-state index is 0.0458. The van der Waals surface area contributed by atoms with Crippen molar-refractivity contribution in [2.24, 2.45) is 0 Å². The number of carbonyl (C=O) groups is 1. The number of urea groups is 1. The largest absolute Gasteiger partial charge is 0.334 e. The molecule has 1 atom stereocenters. The molecule has 3 rings (SSSR count). The fourth-order valence-corrected chi connectivity index (χ4v) is 3.03. The van der Waals surface area contributed by atoms with Gasteiger partial charge in [0.25, 0.3) is 0 Å². The summed E-state index contributed by atoms with van der Waals surface area (Å²) in [5.74, 6) is 0. The molecule has 2 N–H and O–H groups in total. The summed E-state index contributed by atoms with van der Waals surface area (Å²) < 4.78 is 1.87. The Balaban J connectivity index is 1.59. The lowest BCUT2D eigenvalue weighted by Gasteiger charge is -2.17. The number of amides is 2. The van der Waals surface area contributed by atoms with Gasteiger partial charge in [-0.3, -0.25) is 4.68 Å². The van der Waals surface area contributed by atoms with Gasteiger partial charge in [-0.05, 0) is 42.2 Å². The molecule has 26 heavy (non-hydrogen) atoms. The van der Waals surface area contributed by atoms with E-state index in [2.05, 4.69) is 34.8 Å². The number of nitrogens with zero attached hydrogens (tertiary/aromatic N) is 2. The Labute approximate surface area is 154 Å². The highest BCUT2D eigenvalue weighted by atomic mass is 16.2. The smallest absolute Gasteiger partial charge is 0.315 e. The molecular weight excluding hydrogens is 324 g/mol. The van der Waals surface area contributed by atoms with E-state index in [9.17, 15) is 4.79 Å². The van der Waals surface area contributed by atoms with Gasteiger partial charge in [0.15, 0.2) is 0 Å². The molecule has 0 saturated heterocycles. The molecule has 3 aromatic rings. The summed E-state index contributed by atoms with van der Waals surface area (Å²) >= 11 is 0. The Morgan fingerprint density at radius 1 is 1.08 bits per heavy atom. The topological polar surface area (TPSA) is 59.0 Å². The molecule has 0 fully saturated rings. The van der Waals surface area contributed by atoms with E-state index in [4.69, 9.17) is 0 Å². The molecule has 1 heterocycles. The van der Waals surface area contributed by atoms with Gasteiger partial charge in [-0.2, -0.15) is 5.10 Å². The van der Waals surface area contributed by atoms with Crippen LogP contribution in [0.1, 0.15) is 35.2 Å². The maximum atomic E-state index is 12.3. The monoisotopic (exact) mass is 348 g/mol. The lowest BCUT2D eigenvalue weighted by molar-refractivity contribution is 0.237. The quantitative estimate of drug-likeness (QED) is 0.712. The molecule has 5 nitrogen and oxygen atoms in total. The predicted molar refractivity (Wildman–Crippen MR) is 103 cm³/mol. The number of rotatable bonds is 6. The molecule has 1 unspecified atom stereocenters. The van der Waals surface area contributed by atoms with Gasteiger partial charge in [0.05, 0.1) is 12.6 Å². The first kappa shape index (κ1) is 17.7. The summed E-state index contributed by atoms with van der Waals surface area (Å²) in [6.07, 6.45) is 3.70. The first-order valence-electron chi connectivity index (χ1n) is 8.77. The zero-order chi connectivity index (χ0) is 18.4. The van der Waals surface area contributed by atoms with E-state index in [0.717, 1.165) is 16.7 Å². The third-order valence-electron chi connectivity index (χ3n) is 4.45. The van der Waals surface area contributed by atoms with E-state index in [1.54, 1.807) is 6.20 Å². The van der Waals surface area contributed by atoms with Gasteiger partial charge in [-0.15, -0.1) is 0 Å². The Bertz CT molecular complexity index is 858. The number of aromatic nitrogens is 2. The van der Waals surface area contributed by atoms with Crippen LogP contribution in [0, 0.1) is 6.92 Å². The second-order valence-corrected chi connectivity index (χ2v) is 6.38. The van der Waals surface area contributed by atoms with E-state index in [1.807, 2.05) is 60.3 Å². The molecule has 134 valence electrons. The Morgan fingerprint density at radius 2 is 1.81 bits per heavy atom. The molecule has 1 aromatic heterocycles. The highest BCUT2D eigenvalue weighted by Gasteiger charge is 2.11. The molecule has 0 radical (unpaired) electrons. The molecule has 0 saturated carbocycles. The third-order valence-corrected chi connectivity index (χ3v) is 4.45. The Morgan fingerprint density at radius 3 is 2.54 bits per heavy atom. The zero-order valence-electron chi connectivity index (χ0n) is 15.1. The first-order valence-corrected chi connectivity index (χ1v) is 8.77. The van der Waals surface area contributed by atoms with E-state index in [0.29, 0.717) is 13.1 Å². The fourth-order valence-electron chi connectivity index (χ4n) is 3.03. The van der Waals surface area contributed by atoms with Crippen LogP contribution < -0.4 is 10.6 Å². The first-order chi connectivity index (χ1) is 12.6. The van der Waals surface area contributed by atoms with Crippen LogP contribution in [0.5, 0.6) is 0 Å². The summed E-state index contributed by atoms with van der Waals surface area (Å²) in [5.41, 5.74) is 4.52. The second kappa shape index (κ2) is 8.34. The summed E-state index contributed by atoms with van der Waals surface area (Å²) in [5, 5.41) is 10.2. The molecule has 2 amide bonds. The molecule has 5 heteroatoms. The summed E-state index contributed by atoms with van der Waals surface area (Å²) in [6, 6.07) is 17.9. The van der Waals surface area contributed by atoms with Crippen molar-refractivity contribution in [3.63, 3.8) is 0 Å². The van der Waals surface area contributed by atoms with Crippen LogP contribution in [-0.2, 0) is 13.1 Å². The fraction of sp³-hybridized carbons (Fsp3) is 0.238. The van der Waals surface area contributed by atoms with Gasteiger partial charge < -0.3 is 10.6 Å². The second-order valence-electron chi connectivity index (χ2n) is 6.38. The van der Waals surface area contributed by atoms with Gasteiger partial charge in [0, 0.05) is 18.9 Å². The summed E-state index contributed by atoms with van der Waals surface area (Å²) in [7, 11) is 0. The average Bonchev–Trinajstić information content (AvgIpc) is 3.14. The van der Waals surface area contributed by atoms with Crippen molar-refractivity contribution in [1.82, 2.24) is 20.4 Å². The summed E-state index contributed by atoms with van der Waals surface area (Å²) in [6.45, 7) is 5.21. The number of hydrogen-bond donors (Lipinski definition) is 2. The lowest BCUT2D eigenvalue weighted by atomic mass is 10.0. The molecule has 2 aromatic carbocycles. The molecule has 0 spiro atoms. The van der Waals surface area contributed by atoms with Crippen molar-refractivity contribution in [3.05, 3.63) is 89.2 Å².